The minimum atomic E-state index is -0.621. The molecule has 0 aromatic heterocycles. The van der Waals surface area contributed by atoms with E-state index in [1.165, 1.54) is 0 Å². The van der Waals surface area contributed by atoms with Crippen LogP contribution in [0, 0.1) is 5.41 Å². The quantitative estimate of drug-likeness (QED) is 0.312. The zero-order valence-corrected chi connectivity index (χ0v) is 19.8. The van der Waals surface area contributed by atoms with E-state index in [0.717, 1.165) is 32.1 Å². The number of likely N-dealkylation sites (tertiary alicyclic amines) is 1. The summed E-state index contributed by atoms with van der Waals surface area (Å²) in [5.41, 5.74) is -1.32. The van der Waals surface area contributed by atoms with Gasteiger partial charge in [0.15, 0.2) is 0 Å². The standard InChI is InChI=1S/C22H36BrNO4/c1-8-9-11-22-12-10-15(23)13-17(22)24(19(26)28-21(5,6)7)16(14-22)18(25)27-20(2,3)4/h8,15-17H,1,9-14H2,2-7H3/t15-,16-,17-,22-/m0/s1. The summed E-state index contributed by atoms with van der Waals surface area (Å²) in [5, 5.41) is 0. The highest BCUT2D eigenvalue weighted by Crippen LogP contribution is 2.54. The van der Waals surface area contributed by atoms with Gasteiger partial charge in [-0.25, -0.2) is 9.59 Å². The smallest absolute Gasteiger partial charge is 0.411 e. The summed E-state index contributed by atoms with van der Waals surface area (Å²) in [5.74, 6) is -0.336. The number of ether oxygens (including phenoxy) is 2. The van der Waals surface area contributed by atoms with Gasteiger partial charge in [-0.05, 0) is 85.5 Å². The van der Waals surface area contributed by atoms with Crippen molar-refractivity contribution in [3.8, 4) is 0 Å². The number of fused-ring (bicyclic) bond motifs is 1. The third-order valence-electron chi connectivity index (χ3n) is 5.54. The lowest BCUT2D eigenvalue weighted by Crippen LogP contribution is -2.52. The highest BCUT2D eigenvalue weighted by molar-refractivity contribution is 9.09. The van der Waals surface area contributed by atoms with Crippen LogP contribution >= 0.6 is 15.9 Å². The van der Waals surface area contributed by atoms with Crippen LogP contribution in [0.25, 0.3) is 0 Å². The Balaban J connectivity index is 2.41. The van der Waals surface area contributed by atoms with Gasteiger partial charge in [0.1, 0.15) is 17.2 Å². The predicted octanol–water partition coefficient (Wildman–Crippen LogP) is 5.61. The number of allylic oxidation sites excluding steroid dienone is 1. The largest absolute Gasteiger partial charge is 0.458 e. The molecule has 5 nitrogen and oxygen atoms in total. The van der Waals surface area contributed by atoms with Crippen molar-refractivity contribution in [2.24, 2.45) is 5.41 Å². The Labute approximate surface area is 178 Å². The van der Waals surface area contributed by atoms with E-state index in [9.17, 15) is 9.59 Å². The minimum absolute atomic E-state index is 0.0436. The maximum atomic E-state index is 13.2. The van der Waals surface area contributed by atoms with Gasteiger partial charge in [0, 0.05) is 10.9 Å². The molecule has 0 radical (unpaired) electrons. The highest BCUT2D eigenvalue weighted by atomic mass is 79.9. The molecule has 0 unspecified atom stereocenters. The van der Waals surface area contributed by atoms with E-state index < -0.39 is 23.3 Å². The van der Waals surface area contributed by atoms with E-state index in [1.54, 1.807) is 4.90 Å². The molecule has 6 heteroatoms. The molecule has 0 bridgehead atoms. The summed E-state index contributed by atoms with van der Waals surface area (Å²) in [6, 6.07) is -0.653. The molecule has 0 spiro atoms. The summed E-state index contributed by atoms with van der Waals surface area (Å²) in [6.45, 7) is 15.0. The summed E-state index contributed by atoms with van der Waals surface area (Å²) < 4.78 is 11.4. The van der Waals surface area contributed by atoms with E-state index in [4.69, 9.17) is 9.47 Å². The first-order valence-corrected chi connectivity index (χ1v) is 11.2. The van der Waals surface area contributed by atoms with Crippen molar-refractivity contribution in [3.63, 3.8) is 0 Å². The minimum Gasteiger partial charge on any atom is -0.458 e. The van der Waals surface area contributed by atoms with Gasteiger partial charge in [0.25, 0.3) is 0 Å². The second-order valence-electron chi connectivity index (χ2n) is 10.2. The van der Waals surface area contributed by atoms with Gasteiger partial charge < -0.3 is 9.47 Å². The van der Waals surface area contributed by atoms with Crippen molar-refractivity contribution in [3.05, 3.63) is 12.7 Å². The lowest BCUT2D eigenvalue weighted by atomic mass is 9.67. The number of halogens is 1. The fraction of sp³-hybridized carbons (Fsp3) is 0.818. The number of hydrogen-bond acceptors (Lipinski definition) is 4. The van der Waals surface area contributed by atoms with Gasteiger partial charge in [-0.15, -0.1) is 6.58 Å². The number of rotatable bonds is 4. The van der Waals surface area contributed by atoms with E-state index in [0.29, 0.717) is 11.2 Å². The second-order valence-corrected chi connectivity index (χ2v) is 11.5. The molecule has 1 aliphatic heterocycles. The van der Waals surface area contributed by atoms with Crippen LogP contribution < -0.4 is 0 Å². The number of carbonyl (C=O) groups excluding carboxylic acids is 2. The van der Waals surface area contributed by atoms with Crippen LogP contribution in [-0.2, 0) is 14.3 Å². The van der Waals surface area contributed by atoms with Crippen LogP contribution in [0.1, 0.15) is 80.1 Å². The number of alkyl halides is 1. The van der Waals surface area contributed by atoms with Gasteiger partial charge in [0.2, 0.25) is 0 Å². The maximum absolute atomic E-state index is 13.2. The third-order valence-corrected chi connectivity index (χ3v) is 6.37. The Kier molecular flexibility index (Phi) is 6.95. The van der Waals surface area contributed by atoms with Crippen molar-refractivity contribution in [2.75, 3.05) is 0 Å². The van der Waals surface area contributed by atoms with Gasteiger partial charge >= 0.3 is 12.1 Å². The Morgan fingerprint density at radius 3 is 2.32 bits per heavy atom. The van der Waals surface area contributed by atoms with Crippen LogP contribution in [0.15, 0.2) is 12.7 Å². The van der Waals surface area contributed by atoms with Crippen molar-refractivity contribution < 1.29 is 19.1 Å². The van der Waals surface area contributed by atoms with Crippen LogP contribution in [0.3, 0.4) is 0 Å². The third kappa shape index (κ3) is 5.52. The Morgan fingerprint density at radius 1 is 1.18 bits per heavy atom. The maximum Gasteiger partial charge on any atom is 0.411 e. The molecule has 4 atom stereocenters. The first-order valence-electron chi connectivity index (χ1n) is 10.3. The molecular formula is C22H36BrNO4. The first-order chi connectivity index (χ1) is 12.8. The lowest BCUT2D eigenvalue weighted by molar-refractivity contribution is -0.160. The molecule has 1 amide bonds. The molecule has 1 aliphatic carbocycles. The molecule has 28 heavy (non-hydrogen) atoms. The molecule has 1 heterocycles. The van der Waals surface area contributed by atoms with Crippen molar-refractivity contribution in [2.45, 2.75) is 108 Å². The van der Waals surface area contributed by atoms with Crippen LogP contribution in [-0.4, -0.2) is 45.1 Å². The fourth-order valence-electron chi connectivity index (χ4n) is 4.49. The molecule has 0 aromatic rings. The summed E-state index contributed by atoms with van der Waals surface area (Å²) in [7, 11) is 0. The normalized spacial score (nSPS) is 30.5. The number of hydrogen-bond donors (Lipinski definition) is 0. The highest BCUT2D eigenvalue weighted by Gasteiger charge is 2.58. The van der Waals surface area contributed by atoms with Crippen molar-refractivity contribution in [1.82, 2.24) is 4.90 Å². The topological polar surface area (TPSA) is 55.8 Å². The van der Waals surface area contributed by atoms with Gasteiger partial charge in [-0.3, -0.25) is 4.90 Å². The Hall–Kier alpha value is -1.04. The summed E-state index contributed by atoms with van der Waals surface area (Å²) in [6.07, 6.45) is 6.73. The van der Waals surface area contributed by atoms with E-state index in [1.807, 2.05) is 47.6 Å². The van der Waals surface area contributed by atoms with Gasteiger partial charge in [-0.1, -0.05) is 22.0 Å². The van der Waals surface area contributed by atoms with Crippen molar-refractivity contribution in [1.29, 1.82) is 0 Å². The Bertz CT molecular complexity index is 607. The molecule has 2 aliphatic rings. The SMILES string of the molecule is C=CCC[C@@]12CC[C@H](Br)C[C@@H]1N(C(=O)OC(C)(C)C)[C@H](C(=O)OC(C)(C)C)C2. The number of carbonyl (C=O) groups is 2. The lowest BCUT2D eigenvalue weighted by Gasteiger charge is -2.43. The second kappa shape index (κ2) is 8.37. The molecule has 1 saturated heterocycles. The molecular weight excluding hydrogens is 422 g/mol. The zero-order chi connectivity index (χ0) is 21.3. The average Bonchev–Trinajstić information content (AvgIpc) is 2.85. The number of amides is 1. The molecule has 1 saturated carbocycles. The number of nitrogens with zero attached hydrogens (tertiary/aromatic N) is 1. The molecule has 160 valence electrons. The van der Waals surface area contributed by atoms with Crippen LogP contribution in [0.2, 0.25) is 0 Å². The molecule has 0 aromatic carbocycles. The predicted molar refractivity (Wildman–Crippen MR) is 115 cm³/mol. The Morgan fingerprint density at radius 2 is 1.79 bits per heavy atom. The summed E-state index contributed by atoms with van der Waals surface area (Å²) >= 11 is 3.75. The monoisotopic (exact) mass is 457 g/mol. The average molecular weight is 458 g/mol. The molecule has 0 N–H and O–H groups in total. The van der Waals surface area contributed by atoms with E-state index >= 15 is 0 Å². The van der Waals surface area contributed by atoms with Gasteiger partial charge in [-0.2, -0.15) is 0 Å². The van der Waals surface area contributed by atoms with E-state index in [-0.39, 0.29) is 17.4 Å². The molecule has 2 fully saturated rings. The molecule has 2 rings (SSSR count). The van der Waals surface area contributed by atoms with E-state index in [2.05, 4.69) is 22.5 Å². The van der Waals surface area contributed by atoms with Crippen LogP contribution in [0.4, 0.5) is 4.79 Å². The fourth-order valence-corrected chi connectivity index (χ4v) is 5.07. The zero-order valence-electron chi connectivity index (χ0n) is 18.2. The summed E-state index contributed by atoms with van der Waals surface area (Å²) in [4.78, 5) is 28.3. The van der Waals surface area contributed by atoms with Crippen molar-refractivity contribution >= 4 is 28.0 Å². The van der Waals surface area contributed by atoms with Gasteiger partial charge in [0.05, 0.1) is 0 Å². The number of esters is 1. The van der Waals surface area contributed by atoms with Crippen LogP contribution in [0.5, 0.6) is 0 Å². The first kappa shape index (κ1) is 23.2.